The third-order valence-corrected chi connectivity index (χ3v) is 5.66. The van der Waals surface area contributed by atoms with Crippen molar-refractivity contribution in [1.29, 1.82) is 0 Å². The molecule has 0 radical (unpaired) electrons. The van der Waals surface area contributed by atoms with Crippen LogP contribution in [-0.2, 0) is 14.3 Å². The molecule has 1 aromatic rings. The van der Waals surface area contributed by atoms with E-state index in [1.165, 1.54) is 19.4 Å². The molecule has 0 bridgehead atoms. The molecule has 3 aliphatic rings. The summed E-state index contributed by atoms with van der Waals surface area (Å²) in [6, 6.07) is 3.58. The van der Waals surface area contributed by atoms with Crippen molar-refractivity contribution in [2.75, 3.05) is 32.8 Å². The number of nitrogens with zero attached hydrogens (tertiary/aromatic N) is 2. The topological polar surface area (TPSA) is 129 Å². The van der Waals surface area contributed by atoms with E-state index in [1.807, 2.05) is 0 Å². The second-order valence-corrected chi connectivity index (χ2v) is 8.52. The van der Waals surface area contributed by atoms with Gasteiger partial charge in [0, 0.05) is 50.4 Å². The van der Waals surface area contributed by atoms with Gasteiger partial charge in [-0.2, -0.15) is 26.3 Å². The number of carboxylic acids is 2. The molecule has 2 saturated heterocycles. The molecule has 202 valence electrons. The van der Waals surface area contributed by atoms with Gasteiger partial charge in [-0.25, -0.2) is 9.59 Å². The monoisotopic (exact) mass is 529 g/mol. The highest BCUT2D eigenvalue weighted by Crippen LogP contribution is 2.36. The van der Waals surface area contributed by atoms with E-state index in [4.69, 9.17) is 24.5 Å². The Hall–Kier alpha value is -2.94. The van der Waals surface area contributed by atoms with E-state index in [1.54, 1.807) is 24.5 Å². The van der Waals surface area contributed by atoms with Crippen molar-refractivity contribution < 1.29 is 55.7 Å². The molecule has 3 atom stereocenters. The molecule has 1 aliphatic carbocycles. The van der Waals surface area contributed by atoms with Gasteiger partial charge in [-0.05, 0) is 30.9 Å². The number of rotatable bonds is 5. The van der Waals surface area contributed by atoms with Gasteiger partial charge in [0.05, 0.1) is 18.3 Å². The Morgan fingerprint density at radius 1 is 1.06 bits per heavy atom. The van der Waals surface area contributed by atoms with Crippen LogP contribution in [0.15, 0.2) is 24.5 Å². The fourth-order valence-electron chi connectivity index (χ4n) is 3.73. The zero-order valence-corrected chi connectivity index (χ0v) is 18.8. The molecule has 3 fully saturated rings. The van der Waals surface area contributed by atoms with Crippen molar-refractivity contribution in [1.82, 2.24) is 15.2 Å². The van der Waals surface area contributed by atoms with Crippen molar-refractivity contribution in [3.05, 3.63) is 30.1 Å². The lowest BCUT2D eigenvalue weighted by Gasteiger charge is -2.19. The standard InChI is InChI=1S/C17H23N3O2.2C2HF3O2/c21-17(13-2-1-5-18-6-13)19-7-14-11-22-16-10-20(9-15(14)16)8-12-3-4-12;2*3-2(4,5)1(6)7/h1-2,5-6,12,14-16H,3-4,7-11H2,(H,19,21);2*(H,6,7)/t14-,15+,16+;;/m0../s1. The quantitative estimate of drug-likeness (QED) is 0.497. The average Bonchev–Trinajstić information content (AvgIpc) is 3.39. The molecule has 4 rings (SSSR count). The molecule has 0 spiro atoms. The van der Waals surface area contributed by atoms with Gasteiger partial charge < -0.3 is 25.2 Å². The van der Waals surface area contributed by atoms with Crippen LogP contribution < -0.4 is 5.32 Å². The van der Waals surface area contributed by atoms with Crippen molar-refractivity contribution in [3.63, 3.8) is 0 Å². The Labute approximate surface area is 201 Å². The van der Waals surface area contributed by atoms with Crippen molar-refractivity contribution in [2.45, 2.75) is 31.3 Å². The highest BCUT2D eigenvalue weighted by atomic mass is 19.4. The Morgan fingerprint density at radius 3 is 2.11 bits per heavy atom. The van der Waals surface area contributed by atoms with Crippen molar-refractivity contribution >= 4 is 17.8 Å². The third kappa shape index (κ3) is 9.60. The van der Waals surface area contributed by atoms with Gasteiger partial charge in [0.25, 0.3) is 5.91 Å². The molecule has 0 aromatic carbocycles. The summed E-state index contributed by atoms with van der Waals surface area (Å²) in [6.07, 6.45) is -3.71. The lowest BCUT2D eigenvalue weighted by atomic mass is 9.93. The number of alkyl halides is 6. The summed E-state index contributed by atoms with van der Waals surface area (Å²) >= 11 is 0. The fourth-order valence-corrected chi connectivity index (χ4v) is 3.73. The van der Waals surface area contributed by atoms with Gasteiger partial charge in [-0.3, -0.25) is 9.78 Å². The van der Waals surface area contributed by atoms with Gasteiger partial charge in [0.2, 0.25) is 0 Å². The average molecular weight is 529 g/mol. The molecule has 9 nitrogen and oxygen atoms in total. The van der Waals surface area contributed by atoms with Crippen LogP contribution in [0.4, 0.5) is 26.3 Å². The Morgan fingerprint density at radius 2 is 1.64 bits per heavy atom. The molecule has 2 aliphatic heterocycles. The maximum Gasteiger partial charge on any atom is 0.490 e. The van der Waals surface area contributed by atoms with E-state index in [0.29, 0.717) is 30.0 Å². The first-order chi connectivity index (χ1) is 16.7. The van der Waals surface area contributed by atoms with Gasteiger partial charge >= 0.3 is 24.3 Å². The number of nitrogens with one attached hydrogen (secondary N) is 1. The van der Waals surface area contributed by atoms with Crippen LogP contribution in [0.25, 0.3) is 0 Å². The lowest BCUT2D eigenvalue weighted by Crippen LogP contribution is -2.34. The second kappa shape index (κ2) is 12.3. The second-order valence-electron chi connectivity index (χ2n) is 8.52. The summed E-state index contributed by atoms with van der Waals surface area (Å²) in [5.74, 6) is -3.60. The minimum absolute atomic E-state index is 0.0376. The van der Waals surface area contributed by atoms with Gasteiger partial charge in [-0.1, -0.05) is 0 Å². The van der Waals surface area contributed by atoms with Crippen molar-refractivity contribution in [3.8, 4) is 0 Å². The van der Waals surface area contributed by atoms with E-state index in [2.05, 4.69) is 15.2 Å². The number of aliphatic carboxylic acids is 2. The number of halogens is 6. The highest BCUT2D eigenvalue weighted by Gasteiger charge is 2.44. The molecule has 3 heterocycles. The molecule has 3 N–H and O–H groups in total. The Bertz CT molecular complexity index is 870. The number of hydrogen-bond donors (Lipinski definition) is 3. The predicted octanol–water partition coefficient (Wildman–Crippen LogP) is 2.43. The van der Waals surface area contributed by atoms with Crippen LogP contribution in [0.5, 0.6) is 0 Å². The lowest BCUT2D eigenvalue weighted by molar-refractivity contribution is -0.193. The summed E-state index contributed by atoms with van der Waals surface area (Å²) in [6.45, 7) is 4.93. The molecule has 36 heavy (non-hydrogen) atoms. The molecule has 15 heteroatoms. The van der Waals surface area contributed by atoms with E-state index >= 15 is 0 Å². The Kier molecular flexibility index (Phi) is 10.0. The van der Waals surface area contributed by atoms with E-state index in [0.717, 1.165) is 25.6 Å². The molecular weight excluding hydrogens is 504 g/mol. The molecule has 1 amide bonds. The number of ether oxygens (including phenoxy) is 1. The first-order valence-electron chi connectivity index (χ1n) is 10.8. The SMILES string of the molecule is O=C(NC[C@H]1CO[C@@H]2CN(CC3CC3)C[C@H]12)c1cccnc1.O=C(O)C(F)(F)F.O=C(O)C(F)(F)F. The normalized spacial score (nSPS) is 23.4. The van der Waals surface area contributed by atoms with Gasteiger partial charge in [0.15, 0.2) is 0 Å². The van der Waals surface area contributed by atoms with E-state index in [-0.39, 0.29) is 5.91 Å². The molecular formula is C21H25F6N3O6. The van der Waals surface area contributed by atoms with Gasteiger partial charge in [0.1, 0.15) is 0 Å². The van der Waals surface area contributed by atoms with Crippen LogP contribution in [0.2, 0.25) is 0 Å². The number of aromatic nitrogens is 1. The first-order valence-corrected chi connectivity index (χ1v) is 10.8. The number of carbonyl (C=O) groups is 3. The number of amides is 1. The summed E-state index contributed by atoms with van der Waals surface area (Å²) in [5, 5.41) is 17.3. The highest BCUT2D eigenvalue weighted by molar-refractivity contribution is 5.93. The van der Waals surface area contributed by atoms with Crippen LogP contribution in [-0.4, -0.2) is 89.2 Å². The Balaban J connectivity index is 0.000000271. The summed E-state index contributed by atoms with van der Waals surface area (Å²) < 4.78 is 69.4. The zero-order valence-electron chi connectivity index (χ0n) is 18.8. The number of pyridine rings is 1. The number of likely N-dealkylation sites (tertiary alicyclic amines) is 1. The molecule has 1 aromatic heterocycles. The summed E-state index contributed by atoms with van der Waals surface area (Å²) in [4.78, 5) is 36.4. The smallest absolute Gasteiger partial charge is 0.475 e. The van der Waals surface area contributed by atoms with Crippen LogP contribution in [0, 0.1) is 17.8 Å². The minimum atomic E-state index is -5.08. The van der Waals surface area contributed by atoms with Crippen LogP contribution in [0.3, 0.4) is 0 Å². The first kappa shape index (κ1) is 29.3. The van der Waals surface area contributed by atoms with E-state index in [9.17, 15) is 31.1 Å². The summed E-state index contributed by atoms with van der Waals surface area (Å²) in [5.41, 5.74) is 0.625. The number of carboxylic acid groups (broad SMARTS) is 2. The van der Waals surface area contributed by atoms with E-state index < -0.39 is 24.3 Å². The van der Waals surface area contributed by atoms with Gasteiger partial charge in [-0.15, -0.1) is 0 Å². The largest absolute Gasteiger partial charge is 0.490 e. The number of fused-ring (bicyclic) bond motifs is 1. The molecule has 1 saturated carbocycles. The van der Waals surface area contributed by atoms with Crippen LogP contribution in [0.1, 0.15) is 23.2 Å². The fraction of sp³-hybridized carbons (Fsp3) is 0.619. The number of carbonyl (C=O) groups excluding carboxylic acids is 1. The zero-order chi connectivity index (χ0) is 27.1. The van der Waals surface area contributed by atoms with Crippen LogP contribution >= 0.6 is 0 Å². The predicted molar refractivity (Wildman–Crippen MR) is 110 cm³/mol. The minimum Gasteiger partial charge on any atom is -0.475 e. The maximum atomic E-state index is 12.1. The maximum absolute atomic E-state index is 12.1. The third-order valence-electron chi connectivity index (χ3n) is 5.66. The summed E-state index contributed by atoms with van der Waals surface area (Å²) in [7, 11) is 0. The number of hydrogen-bond acceptors (Lipinski definition) is 6. The molecule has 0 unspecified atom stereocenters. The van der Waals surface area contributed by atoms with Crippen molar-refractivity contribution in [2.24, 2.45) is 17.8 Å².